The molecule has 0 saturated carbocycles. The Morgan fingerprint density at radius 1 is 1.24 bits per heavy atom. The first kappa shape index (κ1) is 16.4. The first-order valence-corrected chi connectivity index (χ1v) is 8.01. The lowest BCUT2D eigenvalue weighted by Crippen LogP contribution is -2.51. The highest BCUT2D eigenvalue weighted by atomic mass is 35.5. The monoisotopic (exact) mass is 311 g/mol. The number of carbonyl (C=O) groups is 1. The predicted molar refractivity (Wildman–Crippen MR) is 84.2 cm³/mol. The number of hydrogen-bond acceptors (Lipinski definition) is 2. The molecule has 0 atom stereocenters. The van der Waals surface area contributed by atoms with Crippen LogP contribution in [0.3, 0.4) is 0 Å². The van der Waals surface area contributed by atoms with E-state index in [9.17, 15) is 9.18 Å². The molecule has 1 saturated heterocycles. The van der Waals surface area contributed by atoms with Gasteiger partial charge in [-0.2, -0.15) is 0 Å². The summed E-state index contributed by atoms with van der Waals surface area (Å²) in [4.78, 5) is 14.9. The molecule has 2 rings (SSSR count). The van der Waals surface area contributed by atoms with Crippen molar-refractivity contribution in [2.24, 2.45) is 0 Å². The first-order chi connectivity index (χ1) is 9.91. The van der Waals surface area contributed by atoms with Crippen LogP contribution < -0.4 is 0 Å². The number of Topliss-reactive ketones (excluding diaryl/α,β-unsaturated/α-hetero) is 1. The van der Waals surface area contributed by atoms with E-state index in [0.717, 1.165) is 25.9 Å². The van der Waals surface area contributed by atoms with Crippen LogP contribution in [0.25, 0.3) is 0 Å². The summed E-state index contributed by atoms with van der Waals surface area (Å²) in [5.74, 6) is -0.315. The Kier molecular flexibility index (Phi) is 5.39. The molecule has 0 aromatic heterocycles. The summed E-state index contributed by atoms with van der Waals surface area (Å²) in [5.41, 5.74) is -0.172. The van der Waals surface area contributed by atoms with Gasteiger partial charge in [0.2, 0.25) is 0 Å². The largest absolute Gasteiger partial charge is 0.297 e. The molecule has 1 aliphatic heterocycles. The number of rotatable bonds is 4. The van der Waals surface area contributed by atoms with E-state index in [0.29, 0.717) is 10.6 Å². The van der Waals surface area contributed by atoms with Gasteiger partial charge in [-0.05, 0) is 63.5 Å². The van der Waals surface area contributed by atoms with E-state index in [1.54, 1.807) is 6.07 Å². The highest BCUT2D eigenvalue weighted by Gasteiger charge is 2.34. The van der Waals surface area contributed by atoms with E-state index in [4.69, 9.17) is 11.6 Å². The van der Waals surface area contributed by atoms with E-state index in [1.807, 2.05) is 13.8 Å². The number of halogens is 2. The van der Waals surface area contributed by atoms with Gasteiger partial charge in [0.05, 0.1) is 5.54 Å². The molecule has 0 spiro atoms. The van der Waals surface area contributed by atoms with E-state index >= 15 is 0 Å². The Morgan fingerprint density at radius 2 is 1.86 bits per heavy atom. The highest BCUT2D eigenvalue weighted by molar-refractivity contribution is 6.30. The van der Waals surface area contributed by atoms with Crippen LogP contribution in [-0.4, -0.2) is 29.3 Å². The van der Waals surface area contributed by atoms with Gasteiger partial charge in [0.15, 0.2) is 5.78 Å². The van der Waals surface area contributed by atoms with E-state index in [2.05, 4.69) is 4.90 Å². The average molecular weight is 312 g/mol. The Bertz CT molecular complexity index is 508. The van der Waals surface area contributed by atoms with E-state index in [-0.39, 0.29) is 18.0 Å². The molecule has 1 aromatic rings. The minimum atomic E-state index is -0.556. The number of carbonyl (C=O) groups excluding carboxylic acids is 1. The quantitative estimate of drug-likeness (QED) is 0.828. The van der Waals surface area contributed by atoms with Crippen LogP contribution in [0.4, 0.5) is 4.39 Å². The summed E-state index contributed by atoms with van der Waals surface area (Å²) in [6, 6.07) is 4.38. The van der Waals surface area contributed by atoms with Gasteiger partial charge in [-0.15, -0.1) is 0 Å². The second kappa shape index (κ2) is 6.89. The van der Waals surface area contributed by atoms with Gasteiger partial charge in [-0.25, -0.2) is 4.39 Å². The third-order valence-electron chi connectivity index (χ3n) is 4.44. The highest BCUT2D eigenvalue weighted by Crippen LogP contribution is 2.24. The predicted octanol–water partition coefficient (Wildman–Crippen LogP) is 4.25. The smallest absolute Gasteiger partial charge is 0.156 e. The molecular weight excluding hydrogens is 289 g/mol. The van der Waals surface area contributed by atoms with Crippen LogP contribution in [0.2, 0.25) is 5.02 Å². The van der Waals surface area contributed by atoms with Crippen LogP contribution in [0.1, 0.15) is 45.1 Å². The molecule has 1 aliphatic rings. The summed E-state index contributed by atoms with van der Waals surface area (Å²) in [6.45, 7) is 5.78. The fraction of sp³-hybridized carbons (Fsp3) is 0.588. The van der Waals surface area contributed by atoms with Gasteiger partial charge < -0.3 is 0 Å². The van der Waals surface area contributed by atoms with Crippen LogP contribution in [0.15, 0.2) is 18.2 Å². The van der Waals surface area contributed by atoms with Gasteiger partial charge in [0.1, 0.15) is 5.82 Å². The maximum absolute atomic E-state index is 13.8. The molecule has 0 unspecified atom stereocenters. The molecule has 116 valence electrons. The molecule has 0 radical (unpaired) electrons. The Balaban J connectivity index is 2.11. The van der Waals surface area contributed by atoms with Gasteiger partial charge in [0, 0.05) is 11.4 Å². The van der Waals surface area contributed by atoms with Crippen molar-refractivity contribution >= 4 is 17.4 Å². The Labute approximate surface area is 131 Å². The third kappa shape index (κ3) is 4.04. The first-order valence-electron chi connectivity index (χ1n) is 7.63. The van der Waals surface area contributed by atoms with Crippen LogP contribution in [0, 0.1) is 5.82 Å². The molecule has 1 fully saturated rings. The van der Waals surface area contributed by atoms with Gasteiger partial charge >= 0.3 is 0 Å². The molecule has 1 heterocycles. The van der Waals surface area contributed by atoms with Crippen molar-refractivity contribution in [2.75, 3.05) is 13.1 Å². The molecule has 0 amide bonds. The number of likely N-dealkylation sites (tertiary alicyclic amines) is 1. The molecule has 4 heteroatoms. The topological polar surface area (TPSA) is 20.3 Å². The molecular formula is C17H23ClFNO. The standard InChI is InChI=1S/C17H23ClFNO/c1-17(2,20-9-5-3-4-6-10-20)16(21)12-13-11-14(18)7-8-15(13)19/h7-8,11H,3-6,9-10,12H2,1-2H3. The van der Waals surface area contributed by atoms with Crippen LogP contribution in [-0.2, 0) is 11.2 Å². The van der Waals surface area contributed by atoms with Crippen molar-refractivity contribution in [3.8, 4) is 0 Å². The summed E-state index contributed by atoms with van der Waals surface area (Å²) in [6.07, 6.45) is 4.80. The zero-order chi connectivity index (χ0) is 15.5. The minimum Gasteiger partial charge on any atom is -0.297 e. The second-order valence-electron chi connectivity index (χ2n) is 6.30. The SMILES string of the molecule is CC(C)(C(=O)Cc1cc(Cl)ccc1F)N1CCCCCC1. The zero-order valence-electron chi connectivity index (χ0n) is 12.8. The number of benzene rings is 1. The maximum Gasteiger partial charge on any atom is 0.156 e. The van der Waals surface area contributed by atoms with Crippen molar-refractivity contribution in [1.82, 2.24) is 4.90 Å². The molecule has 0 aliphatic carbocycles. The molecule has 2 nitrogen and oxygen atoms in total. The average Bonchev–Trinajstić information content (AvgIpc) is 2.72. The molecule has 0 bridgehead atoms. The lowest BCUT2D eigenvalue weighted by atomic mass is 9.91. The van der Waals surface area contributed by atoms with Crippen molar-refractivity contribution < 1.29 is 9.18 Å². The zero-order valence-corrected chi connectivity index (χ0v) is 13.5. The summed E-state index contributed by atoms with van der Waals surface area (Å²) in [5, 5.41) is 0.465. The second-order valence-corrected chi connectivity index (χ2v) is 6.73. The van der Waals surface area contributed by atoms with Gasteiger partial charge in [-0.1, -0.05) is 24.4 Å². The number of hydrogen-bond donors (Lipinski definition) is 0. The minimum absolute atomic E-state index is 0.0468. The van der Waals surface area contributed by atoms with Crippen LogP contribution >= 0.6 is 11.6 Å². The fourth-order valence-corrected chi connectivity index (χ4v) is 3.07. The fourth-order valence-electron chi connectivity index (χ4n) is 2.87. The molecule has 0 N–H and O–H groups in total. The van der Waals surface area contributed by atoms with E-state index < -0.39 is 5.54 Å². The summed E-state index contributed by atoms with van der Waals surface area (Å²) < 4.78 is 13.8. The van der Waals surface area contributed by atoms with Crippen molar-refractivity contribution in [3.05, 3.63) is 34.6 Å². The summed E-state index contributed by atoms with van der Waals surface area (Å²) in [7, 11) is 0. The van der Waals surface area contributed by atoms with Crippen molar-refractivity contribution in [1.29, 1.82) is 0 Å². The number of nitrogens with zero attached hydrogens (tertiary/aromatic N) is 1. The summed E-state index contributed by atoms with van der Waals surface area (Å²) >= 11 is 5.90. The van der Waals surface area contributed by atoms with Gasteiger partial charge in [0.25, 0.3) is 0 Å². The normalized spacial score (nSPS) is 17.5. The van der Waals surface area contributed by atoms with Gasteiger partial charge in [-0.3, -0.25) is 9.69 Å². The third-order valence-corrected chi connectivity index (χ3v) is 4.67. The lowest BCUT2D eigenvalue weighted by molar-refractivity contribution is -0.128. The Morgan fingerprint density at radius 3 is 2.48 bits per heavy atom. The van der Waals surface area contributed by atoms with Crippen molar-refractivity contribution in [2.45, 2.75) is 51.5 Å². The lowest BCUT2D eigenvalue weighted by Gasteiger charge is -2.36. The number of ketones is 1. The molecule has 21 heavy (non-hydrogen) atoms. The Hall–Kier alpha value is -0.930. The van der Waals surface area contributed by atoms with Crippen molar-refractivity contribution in [3.63, 3.8) is 0 Å². The van der Waals surface area contributed by atoms with Crippen LogP contribution in [0.5, 0.6) is 0 Å². The van der Waals surface area contributed by atoms with E-state index in [1.165, 1.54) is 25.0 Å². The molecule has 1 aromatic carbocycles. The maximum atomic E-state index is 13.8.